The topological polar surface area (TPSA) is 0 Å². The van der Waals surface area contributed by atoms with Crippen LogP contribution in [-0.4, -0.2) is 0 Å². The van der Waals surface area contributed by atoms with E-state index in [2.05, 4.69) is 79.7 Å². The zero-order valence-electron chi connectivity index (χ0n) is 28.5. The van der Waals surface area contributed by atoms with Crippen LogP contribution in [0.3, 0.4) is 0 Å². The van der Waals surface area contributed by atoms with Crippen LogP contribution in [0.25, 0.3) is 0 Å². The summed E-state index contributed by atoms with van der Waals surface area (Å²) in [6, 6.07) is 0. The average molecular weight is 802 g/mol. The van der Waals surface area contributed by atoms with Crippen molar-refractivity contribution < 1.29 is 71.9 Å². The predicted octanol–water partition coefficient (Wildman–Crippen LogP) is 6.74. The third-order valence-corrected chi connectivity index (χ3v) is 6.74. The minimum Gasteiger partial charge on any atom is 2.00 e. The molecule has 4 aliphatic rings. The normalized spacial score (nSPS) is 17.5. The van der Waals surface area contributed by atoms with Crippen LogP contribution in [-0.2, 0) is 47.1 Å². The first kappa shape index (κ1) is 68.8. The minimum atomic E-state index is -0.826. The van der Waals surface area contributed by atoms with Crippen molar-refractivity contribution in [2.75, 3.05) is 0 Å². The average Bonchev–Trinajstić information content (AvgIpc) is 3.56. The molecule has 0 radical (unpaired) electrons. The molecule has 6 heteroatoms. The summed E-state index contributed by atoms with van der Waals surface area (Å²) in [7, 11) is 9.87. The van der Waals surface area contributed by atoms with E-state index in [4.69, 9.17) is 17.0 Å². The maximum atomic E-state index is 4.93. The molecule has 2 atom stereocenters. The Morgan fingerprint density at radius 3 is 0.927 bits per heavy atom. The first-order valence-electron chi connectivity index (χ1n) is 10.9. The van der Waals surface area contributed by atoms with Gasteiger partial charge in [0.2, 0.25) is 0 Å². The molecule has 0 aromatic rings. The van der Waals surface area contributed by atoms with E-state index in [0.29, 0.717) is 11.8 Å². The molecule has 242 valence electrons. The first-order chi connectivity index (χ1) is 14.7. The van der Waals surface area contributed by atoms with Crippen molar-refractivity contribution in [1.29, 1.82) is 0 Å². The molecule has 0 amide bonds. The van der Waals surface area contributed by atoms with Crippen molar-refractivity contribution in [1.82, 2.24) is 0 Å². The van der Waals surface area contributed by atoms with E-state index in [1.165, 1.54) is 22.3 Å². The van der Waals surface area contributed by atoms with Crippen molar-refractivity contribution in [3.05, 3.63) is 145 Å². The van der Waals surface area contributed by atoms with Crippen molar-refractivity contribution in [3.8, 4) is 0 Å². The fraction of sp³-hybridized carbons (Fsp3) is 0.343. The van der Waals surface area contributed by atoms with E-state index in [1.807, 2.05) is 24.3 Å². The maximum absolute atomic E-state index is 4.93. The monoisotopic (exact) mass is 797 g/mol. The second-order valence-corrected chi connectivity index (χ2v) is 11.9. The first-order valence-corrected chi connectivity index (χ1v) is 17.2. The largest absolute Gasteiger partial charge is 2.00 e. The Hall–Kier alpha value is 0.846. The summed E-state index contributed by atoms with van der Waals surface area (Å²) in [4.78, 5) is 0. The summed E-state index contributed by atoms with van der Waals surface area (Å²) in [5.41, 5.74) is 12.4. The van der Waals surface area contributed by atoms with Crippen molar-refractivity contribution >= 4 is 17.0 Å². The summed E-state index contributed by atoms with van der Waals surface area (Å²) in [5, 5.41) is 0. The zero-order valence-corrected chi connectivity index (χ0v) is 36.5. The molecule has 0 nitrogen and oxygen atoms in total. The molecule has 0 bridgehead atoms. The Bertz CT molecular complexity index is 794. The van der Waals surface area contributed by atoms with E-state index in [0.717, 1.165) is 12.8 Å². The van der Waals surface area contributed by atoms with E-state index < -0.39 is 20.8 Å². The summed E-state index contributed by atoms with van der Waals surface area (Å²) in [6.45, 7) is 18.5. The van der Waals surface area contributed by atoms with E-state index >= 15 is 0 Å². The quantitative estimate of drug-likeness (QED) is 0.258. The van der Waals surface area contributed by atoms with Crippen molar-refractivity contribution in [2.24, 2.45) is 11.8 Å². The molecule has 2 unspecified atom stereocenters. The molecule has 0 aromatic heterocycles. The standard InChI is InChI=1S/C18H26.2C5H5.7CH3.4ClH.2Zr/c1-9-10(2)14(6)17(13(9)5)18-15(7)11(3)12(4)16(18)8;2*1-2-4-5-3-1;;;;;;;;;;;;;/h13,15H,1-8H3;2*1-3H,4H2;7*1H3;4*1H;;/q;9*-1;;;;;2*+2/p-4. The molecule has 0 saturated carbocycles. The van der Waals surface area contributed by atoms with Gasteiger partial charge in [-0.15, -0.1) is 12.8 Å². The van der Waals surface area contributed by atoms with Gasteiger partial charge in [-0.2, -0.15) is 12.2 Å². The molecule has 0 saturated heterocycles. The molecule has 0 aromatic carbocycles. The van der Waals surface area contributed by atoms with Gasteiger partial charge in [0.05, 0.1) is 0 Å². The minimum absolute atomic E-state index is 0. The van der Waals surface area contributed by atoms with E-state index in [-0.39, 0.29) is 103 Å². The molecule has 0 N–H and O–H groups in total. The van der Waals surface area contributed by atoms with Gasteiger partial charge in [0.1, 0.15) is 0 Å². The SMILES string of the molecule is CC1=C(C)C(C)C(C2=C(C)C(C)=C(C)C2C)=C1C.[C-]1=CC=CC1.[C-]1=CC=CC1.[CH3-].[CH3-].[CH3-].[CH3-].[CH3-].[CH3-].[CH3-].[Cl-].[Cl-].[Cl][Zr][Cl].[Zr+2]. The van der Waals surface area contributed by atoms with Crippen LogP contribution in [0.2, 0.25) is 0 Å². The van der Waals surface area contributed by atoms with E-state index in [9.17, 15) is 0 Å². The van der Waals surface area contributed by atoms with Gasteiger partial charge in [-0.1, -0.05) is 25.0 Å². The van der Waals surface area contributed by atoms with Crippen LogP contribution in [0.1, 0.15) is 68.2 Å². The fourth-order valence-electron chi connectivity index (χ4n) is 4.28. The van der Waals surface area contributed by atoms with E-state index in [1.54, 1.807) is 22.3 Å². The predicted molar refractivity (Wildman–Crippen MR) is 180 cm³/mol. The number of halogens is 4. The summed E-state index contributed by atoms with van der Waals surface area (Å²) >= 11 is -0.826. The molecule has 0 fully saturated rings. The van der Waals surface area contributed by atoms with Crippen LogP contribution < -0.4 is 24.8 Å². The third kappa shape index (κ3) is 20.5. The second kappa shape index (κ2) is 37.0. The number of allylic oxidation sites excluding steroid dienone is 16. The maximum Gasteiger partial charge on any atom is 2.00 e. The molecule has 0 spiro atoms. The summed E-state index contributed by atoms with van der Waals surface area (Å²) in [5.74, 6) is 1.19. The molecule has 0 heterocycles. The number of hydrogen-bond acceptors (Lipinski definition) is 0. The molecule has 0 aliphatic heterocycles. The second-order valence-electron chi connectivity index (χ2n) is 8.21. The van der Waals surface area contributed by atoms with Gasteiger partial charge >= 0.3 is 64.1 Å². The molecule has 4 rings (SSSR count). The van der Waals surface area contributed by atoms with Crippen molar-refractivity contribution in [2.45, 2.75) is 68.2 Å². The molecular weight excluding hydrogens is 745 g/mol. The number of rotatable bonds is 1. The third-order valence-electron chi connectivity index (χ3n) is 6.74. The van der Waals surface area contributed by atoms with Gasteiger partial charge in [-0.05, 0) is 75.0 Å². The van der Waals surface area contributed by atoms with Gasteiger partial charge in [0.15, 0.2) is 0 Å². The summed E-state index contributed by atoms with van der Waals surface area (Å²) in [6.07, 6.45) is 20.0. The van der Waals surface area contributed by atoms with Crippen LogP contribution >= 0.6 is 17.0 Å². The van der Waals surface area contributed by atoms with Crippen LogP contribution in [0.5, 0.6) is 0 Å². The number of hydrogen-bond donors (Lipinski definition) is 0. The zero-order chi connectivity index (χ0) is 23.6. The van der Waals surface area contributed by atoms with Crippen LogP contribution in [0, 0.1) is 76.0 Å². The van der Waals surface area contributed by atoms with Crippen LogP contribution in [0.4, 0.5) is 0 Å². The fourth-order valence-corrected chi connectivity index (χ4v) is 4.28. The smallest absolute Gasteiger partial charge is 2.00 e. The Morgan fingerprint density at radius 2 is 0.829 bits per heavy atom. The van der Waals surface area contributed by atoms with Gasteiger partial charge < -0.3 is 76.8 Å². The van der Waals surface area contributed by atoms with Gasteiger partial charge in [-0.3, -0.25) is 12.2 Å². The Labute approximate surface area is 311 Å². The molecule has 4 aliphatic carbocycles. The van der Waals surface area contributed by atoms with Crippen molar-refractivity contribution in [3.63, 3.8) is 0 Å². The van der Waals surface area contributed by atoms with Crippen LogP contribution in [0.15, 0.2) is 81.0 Å². The Morgan fingerprint density at radius 1 is 0.585 bits per heavy atom. The van der Waals surface area contributed by atoms with Gasteiger partial charge in [0.25, 0.3) is 0 Å². The molecular formula is C35H57Cl4Zr2-9. The summed E-state index contributed by atoms with van der Waals surface area (Å²) < 4.78 is 0. The Kier molecular flexibility index (Phi) is 62.2. The molecule has 41 heavy (non-hydrogen) atoms. The Balaban J connectivity index is -0.0000000448. The van der Waals surface area contributed by atoms with Gasteiger partial charge in [-0.25, -0.2) is 24.3 Å². The van der Waals surface area contributed by atoms with Gasteiger partial charge in [0, 0.05) is 11.8 Å².